The van der Waals surface area contributed by atoms with Gasteiger partial charge in [-0.15, -0.1) is 11.3 Å². The van der Waals surface area contributed by atoms with Gasteiger partial charge in [0.1, 0.15) is 6.04 Å². The first-order valence-electron chi connectivity index (χ1n) is 7.46. The molecule has 2 fully saturated rings. The van der Waals surface area contributed by atoms with Crippen LogP contribution in [0.1, 0.15) is 25.7 Å². The second-order valence-electron chi connectivity index (χ2n) is 5.49. The van der Waals surface area contributed by atoms with E-state index in [1.54, 1.807) is 17.5 Å². The fourth-order valence-corrected chi connectivity index (χ4v) is 3.57. The van der Waals surface area contributed by atoms with Crippen molar-refractivity contribution in [1.29, 1.82) is 0 Å². The van der Waals surface area contributed by atoms with Gasteiger partial charge in [-0.05, 0) is 12.8 Å². The molecule has 2 saturated heterocycles. The van der Waals surface area contributed by atoms with Crippen LogP contribution in [0.3, 0.4) is 0 Å². The number of hydrogen-bond acceptors (Lipinski definition) is 5. The van der Waals surface area contributed by atoms with Crippen molar-refractivity contribution in [2.24, 2.45) is 0 Å². The number of hydrogen-bond donors (Lipinski definition) is 1. The summed E-state index contributed by atoms with van der Waals surface area (Å²) in [5, 5.41) is 5.85. The maximum absolute atomic E-state index is 12.5. The Balaban J connectivity index is 1.56. The first-order valence-corrected chi connectivity index (χ1v) is 8.34. The average Bonchev–Trinajstić information content (AvgIpc) is 2.96. The molecule has 0 spiro atoms. The topological polar surface area (TPSA) is 65.5 Å². The van der Waals surface area contributed by atoms with Gasteiger partial charge in [-0.25, -0.2) is 4.98 Å². The predicted octanol–water partition coefficient (Wildman–Crippen LogP) is 0.850. The highest BCUT2D eigenvalue weighted by atomic mass is 32.1. The molecule has 2 amide bonds. The molecule has 1 aromatic heterocycles. The van der Waals surface area contributed by atoms with Crippen molar-refractivity contribution in [2.45, 2.75) is 31.7 Å². The number of anilines is 1. The highest BCUT2D eigenvalue weighted by Gasteiger charge is 2.29. The van der Waals surface area contributed by atoms with E-state index in [2.05, 4.69) is 15.2 Å². The van der Waals surface area contributed by atoms with Gasteiger partial charge in [-0.2, -0.15) is 0 Å². The van der Waals surface area contributed by atoms with Gasteiger partial charge in [0, 0.05) is 44.2 Å². The van der Waals surface area contributed by atoms with Gasteiger partial charge in [-0.1, -0.05) is 6.42 Å². The quantitative estimate of drug-likeness (QED) is 0.880. The van der Waals surface area contributed by atoms with Gasteiger partial charge >= 0.3 is 0 Å². The van der Waals surface area contributed by atoms with Crippen LogP contribution in [0.2, 0.25) is 0 Å². The van der Waals surface area contributed by atoms with E-state index in [1.165, 1.54) is 0 Å². The Morgan fingerprint density at radius 2 is 2.10 bits per heavy atom. The summed E-state index contributed by atoms with van der Waals surface area (Å²) in [6, 6.07) is -0.327. The Kier molecular flexibility index (Phi) is 4.38. The van der Waals surface area contributed by atoms with Gasteiger partial charge in [0.25, 0.3) is 0 Å². The lowest BCUT2D eigenvalue weighted by Crippen LogP contribution is -2.54. The molecule has 0 unspecified atom stereocenters. The Bertz CT molecular complexity index is 497. The maximum Gasteiger partial charge on any atom is 0.245 e. The fraction of sp³-hybridized carbons (Fsp3) is 0.643. The summed E-state index contributed by atoms with van der Waals surface area (Å²) in [5.41, 5.74) is 0. The van der Waals surface area contributed by atoms with Crippen LogP contribution >= 0.6 is 11.3 Å². The van der Waals surface area contributed by atoms with Crippen molar-refractivity contribution in [3.8, 4) is 0 Å². The minimum Gasteiger partial charge on any atom is -0.345 e. The molecule has 3 rings (SSSR count). The van der Waals surface area contributed by atoms with Crippen LogP contribution in [0, 0.1) is 0 Å². The van der Waals surface area contributed by atoms with Gasteiger partial charge in [0.2, 0.25) is 11.8 Å². The van der Waals surface area contributed by atoms with Gasteiger partial charge < -0.3 is 15.1 Å². The molecule has 7 heteroatoms. The number of nitrogens with one attached hydrogen (secondary N) is 1. The number of carbonyl (C=O) groups excluding carboxylic acids is 2. The van der Waals surface area contributed by atoms with Crippen LogP contribution in [0.15, 0.2) is 11.6 Å². The summed E-state index contributed by atoms with van der Waals surface area (Å²) in [7, 11) is 0. The number of carbonyl (C=O) groups is 2. The molecule has 1 aromatic rings. The summed E-state index contributed by atoms with van der Waals surface area (Å²) in [4.78, 5) is 32.5. The van der Waals surface area contributed by atoms with E-state index in [9.17, 15) is 9.59 Å². The molecule has 0 aliphatic carbocycles. The Labute approximate surface area is 128 Å². The average molecular weight is 308 g/mol. The zero-order valence-electron chi connectivity index (χ0n) is 12.0. The lowest BCUT2D eigenvalue weighted by Gasteiger charge is -2.36. The largest absolute Gasteiger partial charge is 0.345 e. The Morgan fingerprint density at radius 3 is 2.81 bits per heavy atom. The zero-order chi connectivity index (χ0) is 14.7. The van der Waals surface area contributed by atoms with Gasteiger partial charge in [0.05, 0.1) is 0 Å². The third-order valence-electron chi connectivity index (χ3n) is 4.06. The molecule has 21 heavy (non-hydrogen) atoms. The predicted molar refractivity (Wildman–Crippen MR) is 81.3 cm³/mol. The summed E-state index contributed by atoms with van der Waals surface area (Å²) in [5.74, 6) is 0.0799. The van der Waals surface area contributed by atoms with E-state index in [0.717, 1.165) is 37.5 Å². The smallest absolute Gasteiger partial charge is 0.245 e. The van der Waals surface area contributed by atoms with Crippen LogP contribution in [0.5, 0.6) is 0 Å². The van der Waals surface area contributed by atoms with Crippen LogP contribution in [0.4, 0.5) is 5.13 Å². The van der Waals surface area contributed by atoms with E-state index in [4.69, 9.17) is 0 Å². The van der Waals surface area contributed by atoms with Crippen molar-refractivity contribution < 1.29 is 9.59 Å². The highest BCUT2D eigenvalue weighted by Crippen LogP contribution is 2.20. The summed E-state index contributed by atoms with van der Waals surface area (Å²) >= 11 is 1.62. The molecular formula is C14H20N4O2S. The van der Waals surface area contributed by atoms with Crippen LogP contribution in [-0.2, 0) is 9.59 Å². The first-order chi connectivity index (χ1) is 10.2. The lowest BCUT2D eigenvalue weighted by molar-refractivity contribution is -0.136. The number of aromatic nitrogens is 1. The van der Waals surface area contributed by atoms with Crippen LogP contribution < -0.4 is 10.2 Å². The monoisotopic (exact) mass is 308 g/mol. The first kappa shape index (κ1) is 14.3. The summed E-state index contributed by atoms with van der Waals surface area (Å²) in [6.07, 6.45) is 4.93. The van der Waals surface area contributed by atoms with E-state index < -0.39 is 0 Å². The molecule has 0 aromatic carbocycles. The molecule has 0 radical (unpaired) electrons. The van der Waals surface area contributed by atoms with Crippen molar-refractivity contribution >= 4 is 28.3 Å². The molecule has 1 N–H and O–H groups in total. The lowest BCUT2D eigenvalue weighted by atomic mass is 10.1. The van der Waals surface area contributed by atoms with Crippen molar-refractivity contribution in [1.82, 2.24) is 15.2 Å². The van der Waals surface area contributed by atoms with Crippen molar-refractivity contribution in [2.75, 3.05) is 31.1 Å². The number of rotatable bonds is 2. The maximum atomic E-state index is 12.5. The molecule has 0 saturated carbocycles. The summed E-state index contributed by atoms with van der Waals surface area (Å²) in [6.45, 7) is 3.01. The second-order valence-corrected chi connectivity index (χ2v) is 6.37. The Morgan fingerprint density at radius 1 is 1.29 bits per heavy atom. The number of nitrogens with zero attached hydrogens (tertiary/aromatic N) is 3. The van der Waals surface area contributed by atoms with Gasteiger partial charge in [0.15, 0.2) is 5.13 Å². The minimum absolute atomic E-state index is 0.00673. The number of piperazine rings is 1. The highest BCUT2D eigenvalue weighted by molar-refractivity contribution is 7.13. The molecule has 2 aliphatic rings. The number of amides is 2. The SMILES string of the molecule is O=C1CCCC[C@H](C(=O)N2CCN(c3nccs3)CC2)N1. The second kappa shape index (κ2) is 6.43. The molecule has 0 bridgehead atoms. The molecule has 6 nitrogen and oxygen atoms in total. The van der Waals surface area contributed by atoms with Crippen LogP contribution in [-0.4, -0.2) is 53.9 Å². The molecule has 2 aliphatic heterocycles. The van der Waals surface area contributed by atoms with Gasteiger partial charge in [-0.3, -0.25) is 9.59 Å². The molecule has 3 heterocycles. The molecule has 114 valence electrons. The molecule has 1 atom stereocenters. The normalized spacial score (nSPS) is 23.6. The summed E-state index contributed by atoms with van der Waals surface area (Å²) < 4.78 is 0. The standard InChI is InChI=1S/C14H20N4O2S/c19-12-4-2-1-3-11(16-12)13(20)17-6-8-18(9-7-17)14-15-5-10-21-14/h5,10-11H,1-4,6-9H2,(H,16,19)/t11-/m1/s1. The van der Waals surface area contributed by atoms with E-state index in [-0.39, 0.29) is 17.9 Å². The third kappa shape index (κ3) is 3.34. The van der Waals surface area contributed by atoms with E-state index in [1.807, 2.05) is 10.3 Å². The molecular weight excluding hydrogens is 288 g/mol. The van der Waals surface area contributed by atoms with E-state index >= 15 is 0 Å². The van der Waals surface area contributed by atoms with Crippen molar-refractivity contribution in [3.63, 3.8) is 0 Å². The number of thiazole rings is 1. The third-order valence-corrected chi connectivity index (χ3v) is 4.89. The fourth-order valence-electron chi connectivity index (χ4n) is 2.87. The van der Waals surface area contributed by atoms with E-state index in [0.29, 0.717) is 19.5 Å². The minimum atomic E-state index is -0.327. The van der Waals surface area contributed by atoms with Crippen molar-refractivity contribution in [3.05, 3.63) is 11.6 Å². The van der Waals surface area contributed by atoms with Crippen LogP contribution in [0.25, 0.3) is 0 Å². The Hall–Kier alpha value is -1.63. The zero-order valence-corrected chi connectivity index (χ0v) is 12.8.